The third kappa shape index (κ3) is 3.35. The first-order chi connectivity index (χ1) is 9.70. The molecule has 0 atom stereocenters. The number of hydrazone groups is 1. The molecule has 0 radical (unpaired) electrons. The smallest absolute Gasteiger partial charge is 0.118 e. The molecule has 2 aromatic carbocycles. The van der Waals surface area contributed by atoms with Crippen molar-refractivity contribution in [1.82, 2.24) is 0 Å². The quantitative estimate of drug-likeness (QED) is 0.659. The highest BCUT2D eigenvalue weighted by Crippen LogP contribution is 2.14. The molecule has 0 aliphatic heterocycles. The molecule has 0 amide bonds. The second-order valence-electron chi connectivity index (χ2n) is 3.98. The maximum absolute atomic E-state index is 10.9. The second-order valence-corrected chi connectivity index (χ2v) is 3.98. The molecule has 5 heteroatoms. The van der Waals surface area contributed by atoms with Gasteiger partial charge in [-0.2, -0.15) is 5.10 Å². The molecule has 0 saturated heterocycles. The molecule has 5 nitrogen and oxygen atoms in total. The van der Waals surface area contributed by atoms with Crippen LogP contribution in [0.2, 0.25) is 0 Å². The van der Waals surface area contributed by atoms with Crippen molar-refractivity contribution in [3.63, 3.8) is 0 Å². The lowest BCUT2D eigenvalue weighted by Crippen LogP contribution is -2.23. The molecule has 2 aromatic rings. The molecule has 2 rings (SSSR count). The maximum Gasteiger partial charge on any atom is 0.118 e. The topological polar surface area (TPSA) is 73.8 Å². The lowest BCUT2D eigenvalue weighted by atomic mass is 10.2. The summed E-state index contributed by atoms with van der Waals surface area (Å²) in [6, 6.07) is 13.7. The van der Waals surface area contributed by atoms with E-state index in [-0.39, 0.29) is 5.56 Å². The van der Waals surface area contributed by atoms with Gasteiger partial charge in [0.1, 0.15) is 5.75 Å². The van der Waals surface area contributed by atoms with Gasteiger partial charge < -0.3 is 14.6 Å². The number of carboxylic acid groups (broad SMARTS) is 1. The molecule has 102 valence electrons. The van der Waals surface area contributed by atoms with E-state index < -0.39 is 5.97 Å². The largest absolute Gasteiger partial charge is 0.545 e. The number of methoxy groups -OCH3 is 1. The van der Waals surface area contributed by atoms with E-state index in [1.54, 1.807) is 31.5 Å². The Bertz CT molecular complexity index is 621. The maximum atomic E-state index is 10.9. The summed E-state index contributed by atoms with van der Waals surface area (Å²) in [5.41, 5.74) is 4.01. The van der Waals surface area contributed by atoms with Crippen LogP contribution in [-0.2, 0) is 0 Å². The van der Waals surface area contributed by atoms with Gasteiger partial charge in [-0.25, -0.2) is 0 Å². The Morgan fingerprint density at radius 2 is 1.90 bits per heavy atom. The standard InChI is InChI=1S/C15H14N2O3/c1-20-12-8-6-11(7-9-12)10-16-17-14-5-3-2-4-13(14)15(18)19/h2-10,17H,1H3,(H,18,19)/p-1/b16-10-. The predicted molar refractivity (Wildman–Crippen MR) is 75.0 cm³/mol. The van der Waals surface area contributed by atoms with Crippen molar-refractivity contribution in [3.05, 3.63) is 59.7 Å². The van der Waals surface area contributed by atoms with Gasteiger partial charge in [0.15, 0.2) is 0 Å². The summed E-state index contributed by atoms with van der Waals surface area (Å²) in [6.07, 6.45) is 1.59. The molecule has 0 bridgehead atoms. The van der Waals surface area contributed by atoms with Crippen LogP contribution in [0.4, 0.5) is 5.69 Å². The van der Waals surface area contributed by atoms with E-state index in [1.807, 2.05) is 24.3 Å². The molecule has 0 spiro atoms. The third-order valence-corrected chi connectivity index (χ3v) is 2.66. The molecule has 1 N–H and O–H groups in total. The number of para-hydroxylation sites is 1. The third-order valence-electron chi connectivity index (χ3n) is 2.66. The highest BCUT2D eigenvalue weighted by atomic mass is 16.5. The van der Waals surface area contributed by atoms with Crippen molar-refractivity contribution in [2.75, 3.05) is 12.5 Å². The Labute approximate surface area is 116 Å². The summed E-state index contributed by atoms with van der Waals surface area (Å²) in [5.74, 6) is -0.481. The van der Waals surface area contributed by atoms with Crippen molar-refractivity contribution < 1.29 is 14.6 Å². The number of aromatic carboxylic acids is 1. The highest BCUT2D eigenvalue weighted by Gasteiger charge is 2.00. The van der Waals surface area contributed by atoms with Crippen LogP contribution < -0.4 is 15.3 Å². The van der Waals surface area contributed by atoms with Gasteiger partial charge in [-0.1, -0.05) is 18.2 Å². The van der Waals surface area contributed by atoms with Crippen LogP contribution in [0, 0.1) is 0 Å². The molecule has 0 aliphatic carbocycles. The van der Waals surface area contributed by atoms with E-state index in [2.05, 4.69) is 10.5 Å². The van der Waals surface area contributed by atoms with Crippen molar-refractivity contribution >= 4 is 17.9 Å². The number of benzene rings is 2. The first kappa shape index (κ1) is 13.6. The summed E-state index contributed by atoms with van der Waals surface area (Å²) in [6.45, 7) is 0. The highest BCUT2D eigenvalue weighted by molar-refractivity contribution is 5.93. The van der Waals surface area contributed by atoms with Gasteiger partial charge in [-0.3, -0.25) is 5.43 Å². The fourth-order valence-electron chi connectivity index (χ4n) is 1.62. The first-order valence-corrected chi connectivity index (χ1v) is 5.94. The molecular weight excluding hydrogens is 256 g/mol. The van der Waals surface area contributed by atoms with Crippen LogP contribution in [0.1, 0.15) is 15.9 Å². The van der Waals surface area contributed by atoms with Crippen molar-refractivity contribution in [1.29, 1.82) is 0 Å². The molecule has 0 aliphatic rings. The number of carbonyl (C=O) groups is 1. The van der Waals surface area contributed by atoms with Gasteiger partial charge in [-0.15, -0.1) is 0 Å². The van der Waals surface area contributed by atoms with Crippen LogP contribution in [0.3, 0.4) is 0 Å². The van der Waals surface area contributed by atoms with Crippen molar-refractivity contribution in [2.45, 2.75) is 0 Å². The molecule has 0 unspecified atom stereocenters. The predicted octanol–water partition coefficient (Wildman–Crippen LogP) is 1.50. The molecule has 20 heavy (non-hydrogen) atoms. The van der Waals surface area contributed by atoms with Crippen LogP contribution in [0.5, 0.6) is 5.75 Å². The van der Waals surface area contributed by atoms with Crippen LogP contribution in [0.25, 0.3) is 0 Å². The minimum Gasteiger partial charge on any atom is -0.545 e. The van der Waals surface area contributed by atoms with Crippen LogP contribution in [-0.4, -0.2) is 19.3 Å². The Hall–Kier alpha value is -2.82. The van der Waals surface area contributed by atoms with Gasteiger partial charge in [0.05, 0.1) is 25.0 Å². The van der Waals surface area contributed by atoms with Gasteiger partial charge >= 0.3 is 0 Å². The molecule has 0 heterocycles. The minimum absolute atomic E-state index is 0.0689. The van der Waals surface area contributed by atoms with E-state index in [4.69, 9.17) is 4.74 Å². The van der Waals surface area contributed by atoms with E-state index in [9.17, 15) is 9.90 Å². The zero-order valence-corrected chi connectivity index (χ0v) is 10.9. The van der Waals surface area contributed by atoms with Gasteiger partial charge in [-0.05, 0) is 35.9 Å². The zero-order chi connectivity index (χ0) is 14.4. The van der Waals surface area contributed by atoms with Gasteiger partial charge in [0.25, 0.3) is 0 Å². The Morgan fingerprint density at radius 1 is 1.20 bits per heavy atom. The number of anilines is 1. The van der Waals surface area contributed by atoms with E-state index >= 15 is 0 Å². The van der Waals surface area contributed by atoms with Crippen LogP contribution >= 0.6 is 0 Å². The number of carboxylic acids is 1. The van der Waals surface area contributed by atoms with Gasteiger partial charge in [0.2, 0.25) is 0 Å². The average molecular weight is 269 g/mol. The molecular formula is C15H13N2O3-. The molecule has 0 fully saturated rings. The van der Waals surface area contributed by atoms with Crippen LogP contribution in [0.15, 0.2) is 53.6 Å². The number of carbonyl (C=O) groups excluding carboxylic acids is 1. The second kappa shape index (κ2) is 6.38. The summed E-state index contributed by atoms with van der Waals surface area (Å²) in [7, 11) is 1.60. The van der Waals surface area contributed by atoms with Crippen molar-refractivity contribution in [2.24, 2.45) is 5.10 Å². The average Bonchev–Trinajstić information content (AvgIpc) is 2.48. The van der Waals surface area contributed by atoms with E-state index in [0.717, 1.165) is 11.3 Å². The minimum atomic E-state index is -1.24. The Kier molecular flexibility index (Phi) is 4.34. The number of ether oxygens (including phenoxy) is 1. The summed E-state index contributed by atoms with van der Waals surface area (Å²) in [5, 5.41) is 14.9. The summed E-state index contributed by atoms with van der Waals surface area (Å²) in [4.78, 5) is 10.9. The monoisotopic (exact) mass is 269 g/mol. The Balaban J connectivity index is 2.08. The van der Waals surface area contributed by atoms with E-state index in [1.165, 1.54) is 6.07 Å². The number of nitrogens with zero attached hydrogens (tertiary/aromatic N) is 1. The fourth-order valence-corrected chi connectivity index (χ4v) is 1.62. The van der Waals surface area contributed by atoms with E-state index in [0.29, 0.717) is 5.69 Å². The molecule has 0 saturated carbocycles. The lowest BCUT2D eigenvalue weighted by Gasteiger charge is -2.08. The first-order valence-electron chi connectivity index (χ1n) is 5.94. The zero-order valence-electron chi connectivity index (χ0n) is 10.9. The lowest BCUT2D eigenvalue weighted by molar-refractivity contribution is -0.254. The number of hydrogen-bond donors (Lipinski definition) is 1. The summed E-state index contributed by atoms with van der Waals surface area (Å²) < 4.78 is 5.05. The van der Waals surface area contributed by atoms with Gasteiger partial charge in [0, 0.05) is 5.56 Å². The number of hydrogen-bond acceptors (Lipinski definition) is 5. The normalized spacial score (nSPS) is 10.4. The SMILES string of the molecule is COc1ccc(/C=N\Nc2ccccc2C(=O)[O-])cc1. The molecule has 0 aromatic heterocycles. The number of nitrogens with one attached hydrogen (secondary N) is 1. The van der Waals surface area contributed by atoms with Crippen molar-refractivity contribution in [3.8, 4) is 5.75 Å². The Morgan fingerprint density at radius 3 is 2.55 bits per heavy atom. The number of rotatable bonds is 5. The summed E-state index contributed by atoms with van der Waals surface area (Å²) >= 11 is 0. The fraction of sp³-hybridized carbons (Fsp3) is 0.0667.